The molecule has 2 unspecified atom stereocenters. The predicted octanol–water partition coefficient (Wildman–Crippen LogP) is 15.4. The standard InChI is InChI=1S/C58H39F3O4SSi/c1-67(2,3)45-29-43-42(28-44(45)65-66(62,63)58(59,60)61)56-54-52-40-26-22-32-14-6-10-18-36(32)48(40)46-34-16-8-4-12-30(34)20-24-38(46)50(52)51-39-25-21-31-13-5-9-17-35(31)47(39)49-37-19-11-7-15-33(37)23-27-41(49)53(51)55(54)57(43)64-56/h4-29,54-57H,1-3H3/t54?,55?,56-,57+/m1/s1. The minimum atomic E-state index is -5.97. The summed E-state index contributed by atoms with van der Waals surface area (Å²) in [5.74, 6) is -0.792. The summed E-state index contributed by atoms with van der Waals surface area (Å²) in [6.07, 6.45) is -1.12. The normalized spacial score (nSPS) is 19.0. The van der Waals surface area contributed by atoms with Gasteiger partial charge in [-0.25, -0.2) is 0 Å². The number of fused-ring (bicyclic) bond motifs is 31. The third kappa shape index (κ3) is 5.19. The molecule has 11 aromatic carbocycles. The van der Waals surface area contributed by atoms with E-state index in [2.05, 4.69) is 146 Å². The van der Waals surface area contributed by atoms with Crippen molar-refractivity contribution in [2.24, 2.45) is 0 Å². The van der Waals surface area contributed by atoms with Gasteiger partial charge in [-0.05, 0) is 131 Å². The second-order valence-corrected chi connectivity index (χ2v) is 26.2. The van der Waals surface area contributed by atoms with Crippen molar-refractivity contribution in [3.8, 4) is 16.9 Å². The van der Waals surface area contributed by atoms with Crippen molar-refractivity contribution in [3.05, 3.63) is 180 Å². The first-order chi connectivity index (χ1) is 32.3. The number of rotatable bonds is 3. The fraction of sp³-hybridized carbons (Fsp3) is 0.138. The SMILES string of the molecule is C[Si](C)(C)c1cc2c(cc1OS(=O)(=O)C(F)(F)F)[C@H]1O[C@@H]2C2c3c(c4ccc5ccccc5c4c4c3ccc3ccccc34)-c3c(c4ccc5ccccc5c4c4c3ccc3ccccc34)C21. The second-order valence-electron chi connectivity index (χ2n) is 19.7. The molecule has 1 saturated heterocycles. The van der Waals surface area contributed by atoms with Crippen LogP contribution >= 0.6 is 0 Å². The summed E-state index contributed by atoms with van der Waals surface area (Å²) in [6.45, 7) is 5.97. The zero-order valence-electron chi connectivity index (χ0n) is 36.5. The summed E-state index contributed by atoms with van der Waals surface area (Å²) in [5.41, 5.74) is 0.587. The molecule has 9 heteroatoms. The highest BCUT2D eigenvalue weighted by Crippen LogP contribution is 2.72. The monoisotopic (exact) mass is 916 g/mol. The molecule has 0 spiro atoms. The molecule has 4 atom stereocenters. The molecule has 67 heavy (non-hydrogen) atoms. The van der Waals surface area contributed by atoms with Crippen molar-refractivity contribution in [2.45, 2.75) is 49.2 Å². The smallest absolute Gasteiger partial charge is 0.376 e. The van der Waals surface area contributed by atoms with Gasteiger partial charge in [0.1, 0.15) is 5.75 Å². The molecule has 0 N–H and O–H groups in total. The topological polar surface area (TPSA) is 52.6 Å². The summed E-state index contributed by atoms with van der Waals surface area (Å²) in [7, 11) is -8.51. The zero-order valence-corrected chi connectivity index (χ0v) is 38.3. The van der Waals surface area contributed by atoms with Crippen LogP contribution in [0.4, 0.5) is 13.2 Å². The van der Waals surface area contributed by atoms with E-state index in [-0.39, 0.29) is 17.6 Å². The molecule has 0 radical (unpaired) electrons. The fourth-order valence-corrected chi connectivity index (χ4v) is 14.6. The van der Waals surface area contributed by atoms with Crippen LogP contribution in [0.25, 0.3) is 97.3 Å². The van der Waals surface area contributed by atoms with E-state index < -0.39 is 35.9 Å². The molecular formula is C58H39F3O4SSi. The molecule has 326 valence electrons. The minimum Gasteiger partial charge on any atom is -0.376 e. The van der Waals surface area contributed by atoms with Gasteiger partial charge in [0.15, 0.2) is 0 Å². The average Bonchev–Trinajstić information content (AvgIpc) is 3.89. The van der Waals surface area contributed by atoms with Crippen LogP contribution in [0, 0.1) is 0 Å². The minimum absolute atomic E-state index is 0.215. The molecule has 11 aromatic rings. The van der Waals surface area contributed by atoms with Crippen molar-refractivity contribution in [2.75, 3.05) is 0 Å². The van der Waals surface area contributed by atoms with Gasteiger partial charge in [0.2, 0.25) is 0 Å². The summed E-state index contributed by atoms with van der Waals surface area (Å²) in [6, 6.07) is 55.9. The van der Waals surface area contributed by atoms with Gasteiger partial charge < -0.3 is 8.92 Å². The van der Waals surface area contributed by atoms with E-state index in [0.29, 0.717) is 10.8 Å². The Morgan fingerprint density at radius 2 is 0.836 bits per heavy atom. The van der Waals surface area contributed by atoms with Crippen LogP contribution in [-0.4, -0.2) is 22.0 Å². The van der Waals surface area contributed by atoms with Gasteiger partial charge in [0.05, 0.1) is 20.3 Å². The van der Waals surface area contributed by atoms with Crippen molar-refractivity contribution >= 4 is 110 Å². The lowest BCUT2D eigenvalue weighted by Gasteiger charge is -2.40. The van der Waals surface area contributed by atoms with E-state index in [0.717, 1.165) is 86.7 Å². The van der Waals surface area contributed by atoms with Crippen LogP contribution in [0.1, 0.15) is 46.3 Å². The van der Waals surface area contributed by atoms with E-state index in [1.165, 1.54) is 27.3 Å². The molecule has 4 nitrogen and oxygen atoms in total. The number of benzene rings is 11. The Labute approximate surface area is 384 Å². The maximum absolute atomic E-state index is 14.1. The first-order valence-corrected chi connectivity index (χ1v) is 27.6. The molecular weight excluding hydrogens is 878 g/mol. The van der Waals surface area contributed by atoms with Gasteiger partial charge in [-0.1, -0.05) is 171 Å². The lowest BCUT2D eigenvalue weighted by Crippen LogP contribution is -2.41. The van der Waals surface area contributed by atoms with E-state index >= 15 is 0 Å². The summed E-state index contributed by atoms with van der Waals surface area (Å²) >= 11 is 0. The van der Waals surface area contributed by atoms with Gasteiger partial charge in [-0.3, -0.25) is 0 Å². The van der Waals surface area contributed by atoms with Gasteiger partial charge in [-0.2, -0.15) is 21.6 Å². The first-order valence-electron chi connectivity index (χ1n) is 22.7. The summed E-state index contributed by atoms with van der Waals surface area (Å²) in [5, 5.41) is 18.8. The molecule has 0 amide bonds. The largest absolute Gasteiger partial charge is 0.534 e. The van der Waals surface area contributed by atoms with Crippen LogP contribution in [-0.2, 0) is 14.9 Å². The molecule has 2 bridgehead atoms. The van der Waals surface area contributed by atoms with E-state index in [9.17, 15) is 21.6 Å². The van der Waals surface area contributed by atoms with E-state index in [4.69, 9.17) is 8.92 Å². The number of halogens is 3. The number of hydrogen-bond acceptors (Lipinski definition) is 4. The van der Waals surface area contributed by atoms with Crippen molar-refractivity contribution in [1.29, 1.82) is 0 Å². The number of ether oxygens (including phenoxy) is 1. The fourth-order valence-electron chi connectivity index (χ4n) is 12.6. The number of hydrogen-bond donors (Lipinski definition) is 0. The van der Waals surface area contributed by atoms with Gasteiger partial charge >= 0.3 is 15.6 Å². The Balaban J connectivity index is 1.21. The van der Waals surface area contributed by atoms with Crippen LogP contribution in [0.15, 0.2) is 158 Å². The maximum Gasteiger partial charge on any atom is 0.534 e. The van der Waals surface area contributed by atoms with Crippen molar-refractivity contribution in [1.82, 2.24) is 0 Å². The zero-order chi connectivity index (χ0) is 45.5. The first kappa shape index (κ1) is 39.4. The Morgan fingerprint density at radius 1 is 0.478 bits per heavy atom. The van der Waals surface area contributed by atoms with Crippen LogP contribution in [0.3, 0.4) is 0 Å². The van der Waals surface area contributed by atoms with Crippen molar-refractivity contribution < 1.29 is 30.5 Å². The third-order valence-corrected chi connectivity index (χ3v) is 18.2. The van der Waals surface area contributed by atoms with Gasteiger partial charge in [0, 0.05) is 11.8 Å². The lowest BCUT2D eigenvalue weighted by atomic mass is 9.60. The lowest BCUT2D eigenvalue weighted by molar-refractivity contribution is -0.0499. The van der Waals surface area contributed by atoms with Gasteiger partial charge in [0.25, 0.3) is 0 Å². The Hall–Kier alpha value is -6.78. The van der Waals surface area contributed by atoms with Crippen LogP contribution < -0.4 is 9.37 Å². The van der Waals surface area contributed by atoms with Gasteiger partial charge in [-0.15, -0.1) is 0 Å². The molecule has 2 heterocycles. The summed E-state index contributed by atoms with van der Waals surface area (Å²) < 4.78 is 80.3. The molecule has 0 saturated carbocycles. The average molecular weight is 917 g/mol. The number of alkyl halides is 3. The van der Waals surface area contributed by atoms with E-state index in [1.807, 2.05) is 25.7 Å². The highest BCUT2D eigenvalue weighted by molar-refractivity contribution is 7.88. The van der Waals surface area contributed by atoms with Crippen LogP contribution in [0.2, 0.25) is 19.6 Å². The molecule has 0 aromatic heterocycles. The Bertz CT molecular complexity index is 4200. The van der Waals surface area contributed by atoms with Crippen LogP contribution in [0.5, 0.6) is 5.75 Å². The quantitative estimate of drug-likeness (QED) is 0.0767. The highest BCUT2D eigenvalue weighted by atomic mass is 32.2. The second kappa shape index (κ2) is 13.2. The Morgan fingerprint density at radius 3 is 1.22 bits per heavy atom. The molecule has 3 aliphatic rings. The molecule has 1 fully saturated rings. The molecule has 14 rings (SSSR count). The highest BCUT2D eigenvalue weighted by Gasteiger charge is 2.58. The van der Waals surface area contributed by atoms with Crippen molar-refractivity contribution in [3.63, 3.8) is 0 Å². The third-order valence-electron chi connectivity index (χ3n) is 15.2. The Kier molecular flexibility index (Phi) is 7.77. The van der Waals surface area contributed by atoms with E-state index in [1.54, 1.807) is 6.07 Å². The molecule has 1 aliphatic carbocycles. The maximum atomic E-state index is 14.1. The molecule has 2 aliphatic heterocycles. The predicted molar refractivity (Wildman–Crippen MR) is 269 cm³/mol. The summed E-state index contributed by atoms with van der Waals surface area (Å²) in [4.78, 5) is 0.